The van der Waals surface area contributed by atoms with Crippen molar-refractivity contribution in [1.29, 1.82) is 0 Å². The van der Waals surface area contributed by atoms with Crippen LogP contribution in [0.1, 0.15) is 25.3 Å². The van der Waals surface area contributed by atoms with Gasteiger partial charge in [0.1, 0.15) is 0 Å². The Balaban J connectivity index is 2.13. The van der Waals surface area contributed by atoms with Crippen LogP contribution in [0, 0.1) is 5.41 Å². The predicted octanol–water partition coefficient (Wildman–Crippen LogP) is 3.70. The maximum Gasteiger partial charge on any atom is 0.0634 e. The Morgan fingerprint density at radius 1 is 1.40 bits per heavy atom. The third-order valence-electron chi connectivity index (χ3n) is 3.26. The van der Waals surface area contributed by atoms with Gasteiger partial charge < -0.3 is 5.11 Å². The molecule has 82 valence electrons. The molecule has 1 aromatic carbocycles. The van der Waals surface area contributed by atoms with Crippen LogP contribution in [0.4, 0.5) is 0 Å². The minimum Gasteiger partial charge on any atom is -0.392 e. The molecule has 0 heterocycles. The molecule has 1 atom stereocenters. The normalized spacial score (nSPS) is 20.0. The first kappa shape index (κ1) is 11.3. The largest absolute Gasteiger partial charge is 0.392 e. The van der Waals surface area contributed by atoms with Crippen molar-refractivity contribution in [1.82, 2.24) is 0 Å². The fraction of sp³-hybridized carbons (Fsp3) is 0.500. The van der Waals surface area contributed by atoms with Crippen molar-refractivity contribution in [2.45, 2.75) is 32.3 Å². The number of benzene rings is 1. The summed E-state index contributed by atoms with van der Waals surface area (Å²) in [5, 5.41) is 11.4. The molecule has 1 nitrogen and oxygen atoms in total. The topological polar surface area (TPSA) is 20.2 Å². The van der Waals surface area contributed by atoms with Crippen LogP contribution in [0.5, 0.6) is 0 Å². The van der Waals surface area contributed by atoms with E-state index in [1.807, 2.05) is 6.07 Å². The molecule has 1 aromatic rings. The quantitative estimate of drug-likeness (QED) is 0.860. The first-order valence-corrected chi connectivity index (χ1v) is 5.89. The highest BCUT2D eigenvalue weighted by atomic mass is 35.5. The molecule has 3 heteroatoms. The van der Waals surface area contributed by atoms with Crippen LogP contribution in [0.25, 0.3) is 0 Å². The summed E-state index contributed by atoms with van der Waals surface area (Å²) in [5.74, 6) is 0. The number of hydrogen-bond acceptors (Lipinski definition) is 1. The van der Waals surface area contributed by atoms with Crippen LogP contribution in [0.3, 0.4) is 0 Å². The molecular weight excluding hydrogens is 231 g/mol. The van der Waals surface area contributed by atoms with Crippen LogP contribution in [0.2, 0.25) is 10.0 Å². The van der Waals surface area contributed by atoms with E-state index in [9.17, 15) is 5.11 Å². The summed E-state index contributed by atoms with van der Waals surface area (Å²) in [4.78, 5) is 0. The van der Waals surface area contributed by atoms with E-state index in [1.54, 1.807) is 12.1 Å². The average Bonchev–Trinajstić information content (AvgIpc) is 2.91. The van der Waals surface area contributed by atoms with E-state index in [2.05, 4.69) is 6.92 Å². The zero-order valence-electron chi connectivity index (χ0n) is 8.63. The van der Waals surface area contributed by atoms with Gasteiger partial charge in [-0.2, -0.15) is 0 Å². The first-order valence-electron chi connectivity index (χ1n) is 5.13. The minimum absolute atomic E-state index is 0.103. The fourth-order valence-electron chi connectivity index (χ4n) is 1.68. The maximum absolute atomic E-state index is 10.0. The van der Waals surface area contributed by atoms with Gasteiger partial charge in [0.15, 0.2) is 0 Å². The average molecular weight is 245 g/mol. The third-order valence-corrected chi connectivity index (χ3v) is 3.87. The highest BCUT2D eigenvalue weighted by molar-refractivity contribution is 6.33. The summed E-state index contributed by atoms with van der Waals surface area (Å²) in [6.07, 6.45) is 2.49. The van der Waals surface area contributed by atoms with Crippen LogP contribution < -0.4 is 0 Å². The lowest BCUT2D eigenvalue weighted by molar-refractivity contribution is 0.103. The molecular formula is C12H14Cl2O. The van der Waals surface area contributed by atoms with Gasteiger partial charge in [0, 0.05) is 16.5 Å². The second kappa shape index (κ2) is 3.97. The van der Waals surface area contributed by atoms with Crippen molar-refractivity contribution in [2.75, 3.05) is 0 Å². The van der Waals surface area contributed by atoms with Crippen LogP contribution in [0.15, 0.2) is 18.2 Å². The molecule has 0 saturated heterocycles. The van der Waals surface area contributed by atoms with Crippen molar-refractivity contribution >= 4 is 23.2 Å². The van der Waals surface area contributed by atoms with Crippen LogP contribution in [-0.2, 0) is 6.42 Å². The Morgan fingerprint density at radius 3 is 2.67 bits per heavy atom. The van der Waals surface area contributed by atoms with Crippen LogP contribution >= 0.6 is 23.2 Å². The Hall–Kier alpha value is -0.240. The Bertz CT molecular complexity index is 372. The van der Waals surface area contributed by atoms with Crippen molar-refractivity contribution in [3.63, 3.8) is 0 Å². The summed E-state index contributed by atoms with van der Waals surface area (Å²) < 4.78 is 0. The van der Waals surface area contributed by atoms with E-state index < -0.39 is 0 Å². The molecule has 0 aromatic heterocycles. The van der Waals surface area contributed by atoms with Gasteiger partial charge in [-0.15, -0.1) is 0 Å². The van der Waals surface area contributed by atoms with Gasteiger partial charge in [-0.3, -0.25) is 0 Å². The fourth-order valence-corrected chi connectivity index (χ4v) is 2.07. The molecule has 0 spiro atoms. The molecule has 1 fully saturated rings. The summed E-state index contributed by atoms with van der Waals surface area (Å²) in [6.45, 7) is 2.11. The lowest BCUT2D eigenvalue weighted by Gasteiger charge is -2.18. The lowest BCUT2D eigenvalue weighted by atomic mass is 9.95. The van der Waals surface area contributed by atoms with Gasteiger partial charge in [0.25, 0.3) is 0 Å². The number of hydrogen-bond donors (Lipinski definition) is 1. The Kier molecular flexibility index (Phi) is 2.98. The molecule has 1 aliphatic carbocycles. The van der Waals surface area contributed by atoms with E-state index in [-0.39, 0.29) is 11.5 Å². The van der Waals surface area contributed by atoms with E-state index in [4.69, 9.17) is 23.2 Å². The first-order chi connectivity index (χ1) is 7.01. The zero-order chi connectivity index (χ0) is 11.1. The standard InChI is InChI=1S/C12H14Cl2O/c1-12(4-5-12)11(15)7-8-6-9(13)2-3-10(8)14/h2-3,6,11,15H,4-5,7H2,1H3. The second-order valence-corrected chi connectivity index (χ2v) is 5.45. The van der Waals surface area contributed by atoms with Gasteiger partial charge >= 0.3 is 0 Å². The van der Waals surface area contributed by atoms with Crippen LogP contribution in [-0.4, -0.2) is 11.2 Å². The monoisotopic (exact) mass is 244 g/mol. The van der Waals surface area contributed by atoms with Gasteiger partial charge in [0.2, 0.25) is 0 Å². The third kappa shape index (κ3) is 2.47. The molecule has 1 aliphatic rings. The summed E-state index contributed by atoms with van der Waals surface area (Å²) in [5.41, 5.74) is 1.04. The van der Waals surface area contributed by atoms with Crippen molar-refractivity contribution in [3.8, 4) is 0 Å². The Labute approximate surface area is 100 Å². The van der Waals surface area contributed by atoms with Gasteiger partial charge in [-0.05, 0) is 42.0 Å². The summed E-state index contributed by atoms with van der Waals surface area (Å²) in [6, 6.07) is 5.37. The van der Waals surface area contributed by atoms with Crippen molar-refractivity contribution < 1.29 is 5.11 Å². The highest BCUT2D eigenvalue weighted by Crippen LogP contribution is 2.49. The molecule has 1 N–H and O–H groups in total. The predicted molar refractivity (Wildman–Crippen MR) is 63.5 cm³/mol. The number of aliphatic hydroxyl groups is 1. The lowest BCUT2D eigenvalue weighted by Crippen LogP contribution is -2.21. The maximum atomic E-state index is 10.0. The second-order valence-electron chi connectivity index (χ2n) is 4.61. The number of rotatable bonds is 3. The van der Waals surface area contributed by atoms with Gasteiger partial charge in [-0.25, -0.2) is 0 Å². The molecule has 0 bridgehead atoms. The number of aliphatic hydroxyl groups excluding tert-OH is 1. The van der Waals surface area contributed by atoms with E-state index in [0.29, 0.717) is 16.5 Å². The highest BCUT2D eigenvalue weighted by Gasteiger charge is 2.43. The molecule has 0 radical (unpaired) electrons. The van der Waals surface area contributed by atoms with Gasteiger partial charge in [0.05, 0.1) is 6.10 Å². The van der Waals surface area contributed by atoms with Crippen molar-refractivity contribution in [2.24, 2.45) is 5.41 Å². The number of halogens is 2. The molecule has 1 unspecified atom stereocenters. The molecule has 0 aliphatic heterocycles. The van der Waals surface area contributed by atoms with E-state index in [1.165, 1.54) is 0 Å². The summed E-state index contributed by atoms with van der Waals surface area (Å²) in [7, 11) is 0. The molecule has 15 heavy (non-hydrogen) atoms. The van der Waals surface area contributed by atoms with Gasteiger partial charge in [-0.1, -0.05) is 30.1 Å². The molecule has 0 amide bonds. The Morgan fingerprint density at radius 2 is 2.07 bits per heavy atom. The smallest absolute Gasteiger partial charge is 0.0634 e. The summed E-state index contributed by atoms with van der Waals surface area (Å²) >= 11 is 11.9. The zero-order valence-corrected chi connectivity index (χ0v) is 10.1. The molecule has 1 saturated carbocycles. The minimum atomic E-state index is -0.312. The van der Waals surface area contributed by atoms with E-state index in [0.717, 1.165) is 18.4 Å². The van der Waals surface area contributed by atoms with E-state index >= 15 is 0 Å². The molecule has 2 rings (SSSR count). The van der Waals surface area contributed by atoms with Crippen molar-refractivity contribution in [3.05, 3.63) is 33.8 Å². The SMILES string of the molecule is CC1(C(O)Cc2cc(Cl)ccc2Cl)CC1.